The van der Waals surface area contributed by atoms with Crippen molar-refractivity contribution in [2.24, 2.45) is 45.3 Å². The summed E-state index contributed by atoms with van der Waals surface area (Å²) in [6.45, 7) is 12.0. The third-order valence-corrected chi connectivity index (χ3v) is 14.5. The van der Waals surface area contributed by atoms with Crippen LogP contribution in [0.3, 0.4) is 0 Å². The molecular weight excluding hydrogens is 740 g/mol. The van der Waals surface area contributed by atoms with Gasteiger partial charge in [0.2, 0.25) is 0 Å². The molecule has 9 atom stereocenters. The van der Waals surface area contributed by atoms with Gasteiger partial charge in [0.05, 0.1) is 0 Å². The van der Waals surface area contributed by atoms with Crippen LogP contribution in [-0.4, -0.2) is 54.6 Å². The maximum absolute atomic E-state index is 15.1. The molecule has 1 saturated carbocycles. The largest absolute Gasteiger partial charge is 0.457 e. The van der Waals surface area contributed by atoms with E-state index in [4.69, 9.17) is 14.2 Å². The van der Waals surface area contributed by atoms with E-state index in [1.165, 1.54) is 44.1 Å². The van der Waals surface area contributed by atoms with E-state index in [-0.39, 0.29) is 64.6 Å². The van der Waals surface area contributed by atoms with Crippen LogP contribution < -0.4 is 0 Å². The van der Waals surface area contributed by atoms with E-state index in [1.807, 2.05) is 31.2 Å². The number of fused-ring (bicyclic) bond motifs is 10. The lowest BCUT2D eigenvalue weighted by molar-refractivity contribution is -0.145. The van der Waals surface area contributed by atoms with Gasteiger partial charge < -0.3 is 14.2 Å². The van der Waals surface area contributed by atoms with Gasteiger partial charge in [-0.3, -0.25) is 28.8 Å². The third-order valence-electron chi connectivity index (χ3n) is 14.5. The molecule has 0 aromatic carbocycles. The predicted molar refractivity (Wildman–Crippen MR) is 214 cm³/mol. The first-order chi connectivity index (χ1) is 27.3. The lowest BCUT2D eigenvalue weighted by Crippen LogP contribution is -2.46. The van der Waals surface area contributed by atoms with E-state index in [0.29, 0.717) is 48.0 Å². The first-order valence-electron chi connectivity index (χ1n) is 20.4. The van der Waals surface area contributed by atoms with Crippen molar-refractivity contribution in [3.8, 4) is 0 Å². The summed E-state index contributed by atoms with van der Waals surface area (Å²) in [7, 11) is 0. The highest BCUT2D eigenvalue weighted by atomic mass is 19.1. The summed E-state index contributed by atoms with van der Waals surface area (Å²) in [6.07, 6.45) is 24.7. The topological polar surface area (TPSA) is 130 Å². The average Bonchev–Trinajstić information content (AvgIpc) is 3.71. The molecule has 58 heavy (non-hydrogen) atoms. The standard InChI is InChI=1S/C25H28O5.C23H25FO4/c1-15(26)29-14-23(28)22-8-7-20-19-6-5-17-13-18(30-16(2)27)9-11-24(17,3)21(19)10-12-25(20,22)4;1-13(25)28-12-21(27)18-5-4-16-15-11-20(24)19-10-14(26)6-8-23(19,3)17(15)7-9-22(16,18)2/h5,8-11,13,19-20H,6-7,12,14H2,1-4H3;5-8,10,15-16,20H,4,9,11-12H2,1-3H3/t19?,20?,24-,25-;15?,16?,20-,22-,23+/m00/s1. The number of hydrogen-bond donors (Lipinski definition) is 0. The van der Waals surface area contributed by atoms with E-state index in [0.717, 1.165) is 30.4 Å². The van der Waals surface area contributed by atoms with E-state index < -0.39 is 23.5 Å². The Morgan fingerprint density at radius 1 is 0.655 bits per heavy atom. The Morgan fingerprint density at radius 3 is 1.74 bits per heavy atom. The van der Waals surface area contributed by atoms with Crippen LogP contribution in [0.25, 0.3) is 0 Å². The van der Waals surface area contributed by atoms with Crippen molar-refractivity contribution in [3.63, 3.8) is 0 Å². The van der Waals surface area contributed by atoms with Gasteiger partial charge >= 0.3 is 17.9 Å². The molecule has 0 heterocycles. The molecule has 8 aliphatic carbocycles. The van der Waals surface area contributed by atoms with Crippen molar-refractivity contribution in [3.05, 3.63) is 106 Å². The van der Waals surface area contributed by atoms with Crippen LogP contribution in [0, 0.1) is 45.3 Å². The summed E-state index contributed by atoms with van der Waals surface area (Å²) < 4.78 is 30.3. The molecule has 0 N–H and O–H groups in total. The molecule has 4 unspecified atom stereocenters. The number of allylic oxidation sites excluding steroid dienone is 15. The quantitative estimate of drug-likeness (QED) is 0.142. The molecule has 0 aromatic heterocycles. The minimum atomic E-state index is -1.16. The number of ketones is 3. The number of hydrogen-bond acceptors (Lipinski definition) is 9. The summed E-state index contributed by atoms with van der Waals surface area (Å²) >= 11 is 0. The minimum absolute atomic E-state index is 0.0176. The predicted octanol–water partition coefficient (Wildman–Crippen LogP) is 8.20. The Hall–Kier alpha value is -4.99. The fraction of sp³-hybridized carbons (Fsp3) is 0.500. The van der Waals surface area contributed by atoms with Crippen LogP contribution in [0.15, 0.2) is 106 Å². The molecule has 0 amide bonds. The number of alkyl halides is 1. The molecular formula is C48H53FO9. The number of esters is 3. The van der Waals surface area contributed by atoms with Gasteiger partial charge in [0.15, 0.2) is 30.6 Å². The highest BCUT2D eigenvalue weighted by Crippen LogP contribution is 2.64. The number of Topliss-reactive ketones (excluding diaryl/α,β-unsaturated/α-hetero) is 2. The zero-order chi connectivity index (χ0) is 41.9. The Labute approximate surface area is 339 Å². The van der Waals surface area contributed by atoms with Crippen LogP contribution in [0.2, 0.25) is 0 Å². The van der Waals surface area contributed by atoms with Crippen LogP contribution >= 0.6 is 0 Å². The van der Waals surface area contributed by atoms with Crippen molar-refractivity contribution in [2.45, 2.75) is 93.2 Å². The van der Waals surface area contributed by atoms with Crippen molar-refractivity contribution in [1.29, 1.82) is 0 Å². The number of rotatable bonds is 7. The molecule has 0 aromatic rings. The number of halogens is 1. The van der Waals surface area contributed by atoms with Gasteiger partial charge in [-0.2, -0.15) is 0 Å². The van der Waals surface area contributed by atoms with E-state index >= 15 is 4.39 Å². The summed E-state index contributed by atoms with van der Waals surface area (Å²) in [4.78, 5) is 70.7. The maximum Gasteiger partial charge on any atom is 0.308 e. The molecule has 0 bridgehead atoms. The first kappa shape index (κ1) is 41.2. The Kier molecular flexibility index (Phi) is 10.6. The zero-order valence-corrected chi connectivity index (χ0v) is 34.4. The highest BCUT2D eigenvalue weighted by Gasteiger charge is 2.57. The molecule has 10 heteroatoms. The monoisotopic (exact) mass is 792 g/mol. The summed E-state index contributed by atoms with van der Waals surface area (Å²) in [5.74, 6) is -0.221. The molecule has 8 rings (SSSR count). The summed E-state index contributed by atoms with van der Waals surface area (Å²) in [5.41, 5.74) is 4.37. The van der Waals surface area contributed by atoms with Gasteiger partial charge in [0, 0.05) is 53.6 Å². The third kappa shape index (κ3) is 6.90. The minimum Gasteiger partial charge on any atom is -0.457 e. The molecule has 306 valence electrons. The fourth-order valence-electron chi connectivity index (χ4n) is 11.6. The number of carbonyl (C=O) groups is 6. The van der Waals surface area contributed by atoms with Crippen LogP contribution in [0.4, 0.5) is 4.39 Å². The molecule has 0 aliphatic heterocycles. The Balaban J connectivity index is 0.000000177. The second-order valence-electron chi connectivity index (χ2n) is 17.9. The molecule has 0 radical (unpaired) electrons. The van der Waals surface area contributed by atoms with Gasteiger partial charge in [0.1, 0.15) is 11.9 Å². The van der Waals surface area contributed by atoms with Crippen molar-refractivity contribution < 1.29 is 47.4 Å². The molecule has 0 spiro atoms. The van der Waals surface area contributed by atoms with E-state index in [1.54, 1.807) is 0 Å². The molecule has 0 saturated heterocycles. The molecule has 9 nitrogen and oxygen atoms in total. The average molecular weight is 793 g/mol. The smallest absolute Gasteiger partial charge is 0.308 e. The normalized spacial score (nSPS) is 36.0. The van der Waals surface area contributed by atoms with Crippen LogP contribution in [-0.2, 0) is 43.0 Å². The lowest BCUT2D eigenvalue weighted by Gasteiger charge is -2.52. The second kappa shape index (κ2) is 15.0. The number of carbonyl (C=O) groups excluding carboxylic acids is 6. The zero-order valence-electron chi connectivity index (χ0n) is 34.4. The number of ether oxygens (including phenoxy) is 3. The van der Waals surface area contributed by atoms with Crippen LogP contribution in [0.5, 0.6) is 0 Å². The van der Waals surface area contributed by atoms with Gasteiger partial charge in [-0.25, -0.2) is 4.39 Å². The van der Waals surface area contributed by atoms with Crippen molar-refractivity contribution in [1.82, 2.24) is 0 Å². The van der Waals surface area contributed by atoms with Gasteiger partial charge in [-0.05, 0) is 111 Å². The summed E-state index contributed by atoms with van der Waals surface area (Å²) in [5, 5.41) is 0. The fourth-order valence-corrected chi connectivity index (χ4v) is 11.6. The summed E-state index contributed by atoms with van der Waals surface area (Å²) in [6, 6.07) is 0. The molecule has 8 aliphatic rings. The SMILES string of the molecule is CC(=O)OCC(=O)C1=CCC2C3CC=C4C=C(OC(C)=O)C=C[C@]4(C)C3=CC[C@]12C.CC(=O)OCC(=O)C1=CCC2C3C[C@H](F)C4=CC(=O)C=C[C@]4(C)C3=CC[C@]12C. The second-order valence-corrected chi connectivity index (χ2v) is 17.9. The van der Waals surface area contributed by atoms with Crippen LogP contribution in [0.1, 0.15) is 87.0 Å². The highest BCUT2D eigenvalue weighted by molar-refractivity contribution is 6.02. The van der Waals surface area contributed by atoms with E-state index in [2.05, 4.69) is 51.2 Å². The Morgan fingerprint density at radius 2 is 1.19 bits per heavy atom. The Bertz CT molecular complexity index is 2170. The molecule has 1 fully saturated rings. The van der Waals surface area contributed by atoms with Gasteiger partial charge in [0.25, 0.3) is 0 Å². The van der Waals surface area contributed by atoms with E-state index in [9.17, 15) is 28.8 Å². The van der Waals surface area contributed by atoms with Gasteiger partial charge in [-0.15, -0.1) is 0 Å². The first-order valence-corrected chi connectivity index (χ1v) is 20.4. The van der Waals surface area contributed by atoms with Crippen molar-refractivity contribution in [2.75, 3.05) is 13.2 Å². The lowest BCUT2D eigenvalue weighted by atomic mass is 9.52. The van der Waals surface area contributed by atoms with Gasteiger partial charge in [-0.1, -0.05) is 67.5 Å². The van der Waals surface area contributed by atoms with Crippen molar-refractivity contribution >= 4 is 35.3 Å². The maximum atomic E-state index is 15.1.